The largest absolute Gasteiger partial charge is 0.310 e. The molecule has 13 rings (SSSR count). The summed E-state index contributed by atoms with van der Waals surface area (Å²) in [4.78, 5) is 2.44. The van der Waals surface area contributed by atoms with Crippen LogP contribution in [0.15, 0.2) is 236 Å². The Morgan fingerprint density at radius 3 is 1.52 bits per heavy atom. The number of allylic oxidation sites excluding steroid dienone is 4. The third-order valence-corrected chi connectivity index (χ3v) is 14.6. The molecular formula is C65H48N2. The predicted molar refractivity (Wildman–Crippen MR) is 285 cm³/mol. The van der Waals surface area contributed by atoms with Crippen molar-refractivity contribution in [2.45, 2.75) is 32.1 Å². The number of anilines is 3. The molecule has 1 aromatic heterocycles. The fourth-order valence-electron chi connectivity index (χ4n) is 11.5. The smallest absolute Gasteiger partial charge is 0.0541 e. The maximum atomic E-state index is 2.47. The van der Waals surface area contributed by atoms with Gasteiger partial charge in [-0.3, -0.25) is 0 Å². The van der Waals surface area contributed by atoms with Crippen molar-refractivity contribution in [3.8, 4) is 39.1 Å². The molecule has 67 heavy (non-hydrogen) atoms. The van der Waals surface area contributed by atoms with Gasteiger partial charge in [-0.2, -0.15) is 0 Å². The second-order valence-corrected chi connectivity index (χ2v) is 18.7. The van der Waals surface area contributed by atoms with Gasteiger partial charge in [0, 0.05) is 38.9 Å². The van der Waals surface area contributed by atoms with Gasteiger partial charge in [0.1, 0.15) is 0 Å². The van der Waals surface area contributed by atoms with Gasteiger partial charge in [0.2, 0.25) is 0 Å². The molecule has 0 atom stereocenters. The van der Waals surface area contributed by atoms with Gasteiger partial charge in [-0.25, -0.2) is 0 Å². The summed E-state index contributed by atoms with van der Waals surface area (Å²) in [5.74, 6) is 0. The van der Waals surface area contributed by atoms with Crippen LogP contribution >= 0.6 is 0 Å². The highest BCUT2D eigenvalue weighted by Gasteiger charge is 2.39. The molecule has 0 unspecified atom stereocenters. The van der Waals surface area contributed by atoms with Crippen molar-refractivity contribution in [1.82, 2.24) is 4.57 Å². The summed E-state index contributed by atoms with van der Waals surface area (Å²) in [6, 6.07) is 80.7. The number of aromatic nitrogens is 1. The fraction of sp³-hybridized carbons (Fsp3) is 0.0769. The molecule has 10 aromatic carbocycles. The first-order valence-electron chi connectivity index (χ1n) is 23.7. The molecule has 0 saturated carbocycles. The van der Waals surface area contributed by atoms with E-state index in [2.05, 4.69) is 254 Å². The van der Waals surface area contributed by atoms with Crippen molar-refractivity contribution < 1.29 is 0 Å². The monoisotopic (exact) mass is 856 g/mol. The average molecular weight is 857 g/mol. The van der Waals surface area contributed by atoms with Gasteiger partial charge >= 0.3 is 0 Å². The maximum absolute atomic E-state index is 2.47. The SMILES string of the molecule is CC1(C)C2=CCCC=C2c2ccc(N(c3ccc(-c4ccc5c(c4)c4ccccc4n5-c4ccccc4)cc3)c3ccc(-c4c5ccccc5c(-c5ccccc5)c5ccccc45)cc3)cc21. The Hall–Kier alpha value is -8.20. The number of nitrogens with zero attached hydrogens (tertiary/aromatic N) is 2. The van der Waals surface area contributed by atoms with Gasteiger partial charge in [-0.1, -0.05) is 178 Å². The van der Waals surface area contributed by atoms with Crippen LogP contribution in [-0.4, -0.2) is 4.57 Å². The normalized spacial score (nSPS) is 14.0. The molecule has 11 aromatic rings. The van der Waals surface area contributed by atoms with Crippen LogP contribution in [0, 0.1) is 0 Å². The zero-order valence-corrected chi connectivity index (χ0v) is 37.7. The number of hydrogen-bond acceptors (Lipinski definition) is 1. The lowest BCUT2D eigenvalue weighted by Gasteiger charge is -2.28. The van der Waals surface area contributed by atoms with E-state index in [-0.39, 0.29) is 5.41 Å². The molecule has 0 fully saturated rings. The lowest BCUT2D eigenvalue weighted by molar-refractivity contribution is 0.654. The van der Waals surface area contributed by atoms with Crippen LogP contribution in [0.25, 0.3) is 88.0 Å². The molecule has 0 bridgehead atoms. The molecule has 2 aliphatic carbocycles. The van der Waals surface area contributed by atoms with E-state index in [1.807, 2.05) is 0 Å². The quantitative estimate of drug-likeness (QED) is 0.145. The Morgan fingerprint density at radius 2 is 0.881 bits per heavy atom. The topological polar surface area (TPSA) is 8.17 Å². The van der Waals surface area contributed by atoms with E-state index in [4.69, 9.17) is 0 Å². The van der Waals surface area contributed by atoms with Gasteiger partial charge < -0.3 is 9.47 Å². The van der Waals surface area contributed by atoms with Gasteiger partial charge in [0.25, 0.3) is 0 Å². The summed E-state index contributed by atoms with van der Waals surface area (Å²) in [7, 11) is 0. The Kier molecular flexibility index (Phi) is 9.05. The highest BCUT2D eigenvalue weighted by atomic mass is 15.1. The standard InChI is InChI=1S/C65H48N2/c1-65(2)59-27-15-13-21-51(59)52-39-38-50(42-60(52)65)66(48-34-29-43(30-35-48)46-33-40-62-58(41-46)53-22-14-16-28-61(53)67(62)47-19-7-4-8-20-47)49-36-31-45(32-37-49)64-56-25-11-9-23-54(56)63(44-17-5-3-6-18-44)55-24-10-12-26-57(55)64/h3-12,14,16-42H,13,15H2,1-2H3. The van der Waals surface area contributed by atoms with Crippen LogP contribution in [0.4, 0.5) is 17.1 Å². The van der Waals surface area contributed by atoms with Crippen molar-refractivity contribution in [3.05, 3.63) is 247 Å². The van der Waals surface area contributed by atoms with Gasteiger partial charge in [0.15, 0.2) is 0 Å². The minimum absolute atomic E-state index is 0.0761. The van der Waals surface area contributed by atoms with Crippen molar-refractivity contribution in [3.63, 3.8) is 0 Å². The first-order chi connectivity index (χ1) is 33.0. The van der Waals surface area contributed by atoms with Gasteiger partial charge in [-0.05, 0) is 157 Å². The first-order valence-corrected chi connectivity index (χ1v) is 23.7. The zero-order chi connectivity index (χ0) is 44.6. The average Bonchev–Trinajstić information content (AvgIpc) is 3.84. The van der Waals surface area contributed by atoms with Crippen LogP contribution < -0.4 is 4.90 Å². The minimum Gasteiger partial charge on any atom is -0.310 e. The van der Waals surface area contributed by atoms with Crippen molar-refractivity contribution in [1.29, 1.82) is 0 Å². The van der Waals surface area contributed by atoms with Crippen LogP contribution in [0.5, 0.6) is 0 Å². The summed E-state index contributed by atoms with van der Waals surface area (Å²) in [5, 5.41) is 7.56. The fourth-order valence-corrected chi connectivity index (χ4v) is 11.5. The van der Waals surface area contributed by atoms with E-state index in [9.17, 15) is 0 Å². The van der Waals surface area contributed by atoms with Crippen LogP contribution in [0.3, 0.4) is 0 Å². The van der Waals surface area contributed by atoms with Crippen molar-refractivity contribution >= 4 is 66.0 Å². The number of benzene rings is 10. The van der Waals surface area contributed by atoms with E-state index < -0.39 is 0 Å². The molecule has 0 spiro atoms. The van der Waals surface area contributed by atoms with Crippen LogP contribution in [0.1, 0.15) is 37.8 Å². The maximum Gasteiger partial charge on any atom is 0.0541 e. The van der Waals surface area contributed by atoms with Crippen LogP contribution in [0.2, 0.25) is 0 Å². The molecule has 0 saturated heterocycles. The van der Waals surface area contributed by atoms with E-state index in [1.165, 1.54) is 105 Å². The lowest BCUT2D eigenvalue weighted by Crippen LogP contribution is -2.17. The Balaban J connectivity index is 0.939. The zero-order valence-electron chi connectivity index (χ0n) is 37.7. The number of hydrogen-bond donors (Lipinski definition) is 0. The molecule has 0 radical (unpaired) electrons. The van der Waals surface area contributed by atoms with Crippen molar-refractivity contribution in [2.75, 3.05) is 4.90 Å². The summed E-state index contributed by atoms with van der Waals surface area (Å²) in [6.07, 6.45) is 7.13. The number of fused-ring (bicyclic) bond motifs is 8. The lowest BCUT2D eigenvalue weighted by atomic mass is 9.80. The predicted octanol–water partition coefficient (Wildman–Crippen LogP) is 18.0. The van der Waals surface area contributed by atoms with Crippen LogP contribution in [-0.2, 0) is 5.41 Å². The highest BCUT2D eigenvalue weighted by Crippen LogP contribution is 2.53. The second-order valence-electron chi connectivity index (χ2n) is 18.7. The molecule has 318 valence electrons. The summed E-state index contributed by atoms with van der Waals surface area (Å²) in [6.45, 7) is 4.79. The first kappa shape index (κ1) is 39.2. The third kappa shape index (κ3) is 6.24. The van der Waals surface area contributed by atoms with E-state index >= 15 is 0 Å². The van der Waals surface area contributed by atoms with E-state index in [0.717, 1.165) is 29.9 Å². The number of para-hydroxylation sites is 2. The van der Waals surface area contributed by atoms with E-state index in [0.29, 0.717) is 0 Å². The van der Waals surface area contributed by atoms with Gasteiger partial charge in [0.05, 0.1) is 11.0 Å². The highest BCUT2D eigenvalue weighted by molar-refractivity contribution is 6.21. The Labute approximate surface area is 392 Å². The minimum atomic E-state index is -0.0761. The number of rotatable bonds is 7. The van der Waals surface area contributed by atoms with Gasteiger partial charge in [-0.15, -0.1) is 0 Å². The molecule has 1 heterocycles. The molecule has 0 aliphatic heterocycles. The Bertz CT molecular complexity index is 3740. The summed E-state index contributed by atoms with van der Waals surface area (Å²) < 4.78 is 2.38. The molecule has 2 heteroatoms. The van der Waals surface area contributed by atoms with Crippen molar-refractivity contribution in [2.24, 2.45) is 0 Å². The Morgan fingerprint density at radius 1 is 0.388 bits per heavy atom. The third-order valence-electron chi connectivity index (χ3n) is 14.6. The molecule has 0 N–H and O–H groups in total. The van der Waals surface area contributed by atoms with E-state index in [1.54, 1.807) is 0 Å². The molecular weight excluding hydrogens is 809 g/mol. The second kappa shape index (κ2) is 15.5. The molecule has 0 amide bonds. The molecule has 2 aliphatic rings. The summed E-state index contributed by atoms with van der Waals surface area (Å²) in [5.41, 5.74) is 19.9. The molecule has 2 nitrogen and oxygen atoms in total. The summed E-state index contributed by atoms with van der Waals surface area (Å²) >= 11 is 0.